The Kier molecular flexibility index (Phi) is 7.17. The third kappa shape index (κ3) is 4.98. The molecule has 0 unspecified atom stereocenters. The molecule has 1 saturated heterocycles. The van der Waals surface area contributed by atoms with Crippen molar-refractivity contribution in [2.45, 2.75) is 29.9 Å². The van der Waals surface area contributed by atoms with Gasteiger partial charge in [0.15, 0.2) is 17.3 Å². The lowest BCUT2D eigenvalue weighted by atomic mass is 9.92. The van der Waals surface area contributed by atoms with Crippen molar-refractivity contribution in [2.75, 3.05) is 40.1 Å². The lowest BCUT2D eigenvalue weighted by Gasteiger charge is -2.38. The van der Waals surface area contributed by atoms with E-state index < -0.39 is 17.9 Å². The monoisotopic (exact) mass is 495 g/mol. The number of nitrogens with zero attached hydrogens (tertiary/aromatic N) is 5. The number of carbonyl (C=O) groups excluding carboxylic acids is 1. The van der Waals surface area contributed by atoms with Gasteiger partial charge in [-0.3, -0.25) is 4.79 Å². The molecule has 176 valence electrons. The molecule has 4 heterocycles. The molecule has 0 radical (unpaired) electrons. The maximum absolute atomic E-state index is 13.3. The molecule has 0 amide bonds. The van der Waals surface area contributed by atoms with Crippen LogP contribution in [0.25, 0.3) is 11.0 Å². The topological polar surface area (TPSA) is 90.3 Å². The fourth-order valence-corrected chi connectivity index (χ4v) is 5.66. The van der Waals surface area contributed by atoms with Gasteiger partial charge in [-0.1, -0.05) is 11.8 Å². The van der Waals surface area contributed by atoms with Gasteiger partial charge in [0.25, 0.3) is 6.43 Å². The predicted octanol–water partition coefficient (Wildman–Crippen LogP) is 3.97. The molecule has 1 fully saturated rings. The number of hydrogen-bond donors (Lipinski definition) is 0. The van der Waals surface area contributed by atoms with E-state index in [0.29, 0.717) is 16.0 Å². The second-order valence-electron chi connectivity index (χ2n) is 7.68. The smallest absolute Gasteiger partial charge is 0.297 e. The Hall–Kier alpha value is -2.28. The molecule has 3 aromatic rings. The van der Waals surface area contributed by atoms with Gasteiger partial charge in [-0.25, -0.2) is 28.7 Å². The van der Waals surface area contributed by atoms with Crippen LogP contribution in [0, 0.1) is 0 Å². The number of piperidine rings is 1. The summed E-state index contributed by atoms with van der Waals surface area (Å²) in [5, 5.41) is 1.49. The van der Waals surface area contributed by atoms with Crippen molar-refractivity contribution in [3.8, 4) is 5.75 Å². The van der Waals surface area contributed by atoms with Crippen LogP contribution in [0.1, 0.15) is 39.8 Å². The van der Waals surface area contributed by atoms with Crippen LogP contribution in [-0.2, 0) is 10.3 Å². The summed E-state index contributed by atoms with van der Waals surface area (Å²) in [5.41, 5.74) is -0.361. The highest BCUT2D eigenvalue weighted by Gasteiger charge is 2.38. The van der Waals surface area contributed by atoms with Crippen LogP contribution in [0.15, 0.2) is 23.5 Å². The first kappa shape index (κ1) is 23.9. The standard InChI is InChI=1S/C21H23F2N5O3S2/c1-28-6-4-21(31-3,5-7-28)20-25-10-15(33-20)14(29)11-32-19-13-8-12(30-2)9-24-17(13)26-18(27-19)16(22)23/h8-10,16H,4-7,11H2,1-3H3. The number of hydrogen-bond acceptors (Lipinski definition) is 10. The summed E-state index contributed by atoms with van der Waals surface area (Å²) >= 11 is 2.39. The predicted molar refractivity (Wildman–Crippen MR) is 121 cm³/mol. The highest BCUT2D eigenvalue weighted by atomic mass is 32.2. The molecule has 0 spiro atoms. The fourth-order valence-electron chi connectivity index (χ4n) is 3.61. The molecule has 12 heteroatoms. The quantitative estimate of drug-likeness (QED) is 0.262. The number of Topliss-reactive ketones (excluding diaryl/α,β-unsaturated/α-hetero) is 1. The Balaban J connectivity index is 1.54. The van der Waals surface area contributed by atoms with Crippen molar-refractivity contribution in [3.05, 3.63) is 34.2 Å². The minimum Gasteiger partial charge on any atom is -0.495 e. The van der Waals surface area contributed by atoms with Crippen LogP contribution in [0.4, 0.5) is 8.78 Å². The van der Waals surface area contributed by atoms with Crippen molar-refractivity contribution in [1.29, 1.82) is 0 Å². The summed E-state index contributed by atoms with van der Waals surface area (Å²) in [6.45, 7) is 1.77. The molecule has 8 nitrogen and oxygen atoms in total. The lowest BCUT2D eigenvalue weighted by molar-refractivity contribution is -0.0586. The van der Waals surface area contributed by atoms with E-state index in [1.807, 2.05) is 0 Å². The third-order valence-electron chi connectivity index (χ3n) is 5.64. The van der Waals surface area contributed by atoms with E-state index in [4.69, 9.17) is 9.47 Å². The van der Waals surface area contributed by atoms with Gasteiger partial charge in [-0.15, -0.1) is 11.3 Å². The zero-order valence-corrected chi connectivity index (χ0v) is 20.0. The Morgan fingerprint density at radius 3 is 2.67 bits per heavy atom. The number of rotatable bonds is 8. The molecule has 0 N–H and O–H groups in total. The molecule has 1 aliphatic rings. The number of fused-ring (bicyclic) bond motifs is 1. The average Bonchev–Trinajstić information content (AvgIpc) is 3.33. The number of pyridine rings is 1. The maximum Gasteiger partial charge on any atom is 0.297 e. The number of alkyl halides is 2. The minimum absolute atomic E-state index is 0.0103. The number of aromatic nitrogens is 4. The summed E-state index contributed by atoms with van der Waals surface area (Å²) in [4.78, 5) is 32.0. The van der Waals surface area contributed by atoms with Crippen molar-refractivity contribution < 1.29 is 23.0 Å². The second-order valence-corrected chi connectivity index (χ2v) is 9.67. The molecule has 0 aromatic carbocycles. The fraction of sp³-hybridized carbons (Fsp3) is 0.476. The van der Waals surface area contributed by atoms with E-state index in [2.05, 4.69) is 31.9 Å². The van der Waals surface area contributed by atoms with Gasteiger partial charge in [0.2, 0.25) is 0 Å². The van der Waals surface area contributed by atoms with Gasteiger partial charge in [0.1, 0.15) is 21.4 Å². The SMILES string of the molecule is COc1cnc2nc(C(F)F)nc(SCC(=O)c3cnc(C4(OC)CCN(C)CC4)s3)c2c1. The van der Waals surface area contributed by atoms with E-state index in [0.717, 1.165) is 42.7 Å². The highest BCUT2D eigenvalue weighted by molar-refractivity contribution is 8.00. The molecular formula is C21H23F2N5O3S2. The van der Waals surface area contributed by atoms with Crippen LogP contribution in [0.3, 0.4) is 0 Å². The average molecular weight is 496 g/mol. The molecule has 4 rings (SSSR count). The summed E-state index contributed by atoms with van der Waals surface area (Å²) in [6.07, 6.45) is 1.71. The normalized spacial score (nSPS) is 16.4. The maximum atomic E-state index is 13.3. The number of thiazole rings is 1. The van der Waals surface area contributed by atoms with Gasteiger partial charge in [-0.2, -0.15) is 0 Å². The molecule has 33 heavy (non-hydrogen) atoms. The van der Waals surface area contributed by atoms with E-state index in [1.165, 1.54) is 24.6 Å². The Morgan fingerprint density at radius 2 is 2.00 bits per heavy atom. The van der Waals surface area contributed by atoms with E-state index >= 15 is 0 Å². The Morgan fingerprint density at radius 1 is 1.24 bits per heavy atom. The summed E-state index contributed by atoms with van der Waals surface area (Å²) < 4.78 is 37.6. The molecule has 1 aliphatic heterocycles. The van der Waals surface area contributed by atoms with Gasteiger partial charge < -0.3 is 14.4 Å². The Bertz CT molecular complexity index is 1150. The van der Waals surface area contributed by atoms with Gasteiger partial charge >= 0.3 is 0 Å². The van der Waals surface area contributed by atoms with E-state index in [9.17, 15) is 13.6 Å². The number of ether oxygens (including phenoxy) is 2. The van der Waals surface area contributed by atoms with Crippen LogP contribution >= 0.6 is 23.1 Å². The molecule has 0 atom stereocenters. The summed E-state index contributed by atoms with van der Waals surface area (Å²) in [7, 11) is 5.22. The van der Waals surface area contributed by atoms with Gasteiger partial charge in [-0.05, 0) is 26.0 Å². The zero-order valence-electron chi connectivity index (χ0n) is 18.4. The Labute approximate surface area is 197 Å². The molecule has 0 bridgehead atoms. The molecule has 0 aliphatic carbocycles. The van der Waals surface area contributed by atoms with Crippen LogP contribution in [0.5, 0.6) is 5.75 Å². The van der Waals surface area contributed by atoms with Crippen LogP contribution in [0.2, 0.25) is 0 Å². The van der Waals surface area contributed by atoms with Crippen LogP contribution in [-0.4, -0.2) is 70.7 Å². The van der Waals surface area contributed by atoms with Gasteiger partial charge in [0.05, 0.1) is 29.3 Å². The number of methoxy groups -OCH3 is 2. The van der Waals surface area contributed by atoms with E-state index in [-0.39, 0.29) is 22.2 Å². The van der Waals surface area contributed by atoms with Crippen molar-refractivity contribution in [1.82, 2.24) is 24.8 Å². The number of thioether (sulfide) groups is 1. The highest BCUT2D eigenvalue weighted by Crippen LogP contribution is 2.38. The third-order valence-corrected chi connectivity index (χ3v) is 7.85. The molecule has 0 saturated carbocycles. The lowest BCUT2D eigenvalue weighted by Crippen LogP contribution is -2.42. The van der Waals surface area contributed by atoms with Crippen molar-refractivity contribution in [2.24, 2.45) is 0 Å². The number of ketones is 1. The minimum atomic E-state index is -2.85. The van der Waals surface area contributed by atoms with Gasteiger partial charge in [0, 0.05) is 26.4 Å². The first-order valence-corrected chi connectivity index (χ1v) is 12.0. The molecular weight excluding hydrogens is 472 g/mol. The first-order chi connectivity index (χ1) is 15.8. The summed E-state index contributed by atoms with van der Waals surface area (Å²) in [6, 6.07) is 1.62. The van der Waals surface area contributed by atoms with Crippen molar-refractivity contribution >= 4 is 39.9 Å². The number of likely N-dealkylation sites (tertiary alicyclic amines) is 1. The summed E-state index contributed by atoms with van der Waals surface area (Å²) in [5.74, 6) is -0.334. The zero-order chi connectivity index (χ0) is 23.6. The number of carbonyl (C=O) groups is 1. The number of halogens is 2. The second kappa shape index (κ2) is 9.92. The van der Waals surface area contributed by atoms with Crippen molar-refractivity contribution in [3.63, 3.8) is 0 Å². The largest absolute Gasteiger partial charge is 0.495 e. The van der Waals surface area contributed by atoms with Crippen LogP contribution < -0.4 is 4.74 Å². The molecule has 3 aromatic heterocycles. The van der Waals surface area contributed by atoms with E-state index in [1.54, 1.807) is 19.4 Å². The first-order valence-electron chi connectivity index (χ1n) is 10.2.